The van der Waals surface area contributed by atoms with E-state index in [0.29, 0.717) is 6.54 Å². The van der Waals surface area contributed by atoms with Crippen LogP contribution in [0.4, 0.5) is 0 Å². The first-order chi connectivity index (χ1) is 4.88. The van der Waals surface area contributed by atoms with Gasteiger partial charge in [0.15, 0.2) is 0 Å². The van der Waals surface area contributed by atoms with E-state index in [9.17, 15) is 4.79 Å². The minimum Gasteiger partial charge on any atom is -0.348 e. The molecule has 1 aliphatic rings. The van der Waals surface area contributed by atoms with Crippen LogP contribution in [0.5, 0.6) is 0 Å². The van der Waals surface area contributed by atoms with E-state index >= 15 is 0 Å². The molecule has 0 bridgehead atoms. The fourth-order valence-electron chi connectivity index (χ4n) is 1.17. The predicted molar refractivity (Wildman–Crippen MR) is 43.4 cm³/mol. The van der Waals surface area contributed by atoms with E-state index in [1.165, 1.54) is 0 Å². The number of carbonyl (C=O) groups excluding carboxylic acids is 1. The van der Waals surface area contributed by atoms with Crippen LogP contribution in [0.2, 0.25) is 0 Å². The fraction of sp³-hybridized carbons (Fsp3) is 0.125. The van der Waals surface area contributed by atoms with Crippen molar-refractivity contribution in [2.75, 3.05) is 0 Å². The molecular weight excluding hydrogens is 149 g/mol. The van der Waals surface area contributed by atoms with Crippen molar-refractivity contribution in [3.8, 4) is 0 Å². The SMILES string of the molecule is O=C1NCc2ccccc21.[Na]. The minimum atomic E-state index is 0. The van der Waals surface area contributed by atoms with Crippen molar-refractivity contribution in [2.24, 2.45) is 0 Å². The average molecular weight is 156 g/mol. The number of nitrogens with one attached hydrogen (secondary N) is 1. The third-order valence-electron chi connectivity index (χ3n) is 1.70. The van der Waals surface area contributed by atoms with E-state index in [1.807, 2.05) is 24.3 Å². The van der Waals surface area contributed by atoms with Gasteiger partial charge in [-0.25, -0.2) is 0 Å². The van der Waals surface area contributed by atoms with Crippen LogP contribution in [0.1, 0.15) is 15.9 Å². The molecule has 0 aromatic heterocycles. The predicted octanol–water partition coefficient (Wildman–Crippen LogP) is 0.549. The monoisotopic (exact) mass is 156 g/mol. The smallest absolute Gasteiger partial charge is 0.251 e. The second-order valence-electron chi connectivity index (χ2n) is 2.34. The molecule has 0 aliphatic carbocycles. The Labute approximate surface area is 87.3 Å². The standard InChI is InChI=1S/C8H7NO.Na/c10-8-7-4-2-1-3-6(7)5-9-8;/h1-4H,5H2,(H,9,10);. The zero-order valence-corrected chi connectivity index (χ0v) is 8.42. The van der Waals surface area contributed by atoms with E-state index in [0.717, 1.165) is 11.1 Å². The molecule has 2 rings (SSSR count). The topological polar surface area (TPSA) is 29.1 Å². The van der Waals surface area contributed by atoms with Crippen molar-refractivity contribution < 1.29 is 4.79 Å². The summed E-state index contributed by atoms with van der Waals surface area (Å²) in [4.78, 5) is 11.0. The van der Waals surface area contributed by atoms with Crippen LogP contribution in [0.3, 0.4) is 0 Å². The molecular formula is C8H7NNaO. The van der Waals surface area contributed by atoms with Gasteiger partial charge in [0.25, 0.3) is 5.91 Å². The molecule has 1 aliphatic heterocycles. The number of fused-ring (bicyclic) bond motifs is 1. The summed E-state index contributed by atoms with van der Waals surface area (Å²) in [5, 5.41) is 2.75. The van der Waals surface area contributed by atoms with Gasteiger partial charge in [-0.15, -0.1) is 0 Å². The largest absolute Gasteiger partial charge is 0.348 e. The number of rotatable bonds is 0. The number of hydrogen-bond acceptors (Lipinski definition) is 1. The van der Waals surface area contributed by atoms with Crippen LogP contribution >= 0.6 is 0 Å². The molecule has 1 aromatic rings. The number of hydrogen-bond donors (Lipinski definition) is 1. The third kappa shape index (κ3) is 1.48. The normalized spacial score (nSPS) is 13.3. The average Bonchev–Trinajstić information content (AvgIpc) is 2.34. The molecule has 1 heterocycles. The van der Waals surface area contributed by atoms with Crippen molar-refractivity contribution >= 4 is 35.5 Å². The molecule has 0 saturated carbocycles. The third-order valence-corrected chi connectivity index (χ3v) is 1.70. The van der Waals surface area contributed by atoms with Crippen LogP contribution in [-0.4, -0.2) is 35.5 Å². The van der Waals surface area contributed by atoms with E-state index in [4.69, 9.17) is 0 Å². The summed E-state index contributed by atoms with van der Waals surface area (Å²) in [7, 11) is 0. The zero-order valence-electron chi connectivity index (χ0n) is 6.42. The Balaban J connectivity index is 0.000000605. The molecule has 51 valence electrons. The van der Waals surface area contributed by atoms with Crippen molar-refractivity contribution in [3.63, 3.8) is 0 Å². The molecule has 0 atom stereocenters. The molecule has 0 spiro atoms. The quantitative estimate of drug-likeness (QED) is 0.546. The van der Waals surface area contributed by atoms with E-state index in [-0.39, 0.29) is 35.5 Å². The van der Waals surface area contributed by atoms with Gasteiger partial charge in [-0.05, 0) is 11.6 Å². The maximum Gasteiger partial charge on any atom is 0.251 e. The van der Waals surface area contributed by atoms with Gasteiger partial charge in [-0.3, -0.25) is 4.79 Å². The molecule has 2 nitrogen and oxygen atoms in total. The summed E-state index contributed by atoms with van der Waals surface area (Å²) in [6.07, 6.45) is 0. The molecule has 0 saturated heterocycles. The zero-order chi connectivity index (χ0) is 6.97. The number of benzene rings is 1. The molecule has 1 radical (unpaired) electrons. The van der Waals surface area contributed by atoms with E-state index < -0.39 is 0 Å². The second kappa shape index (κ2) is 3.39. The Hall–Kier alpha value is -0.310. The van der Waals surface area contributed by atoms with Crippen molar-refractivity contribution in [3.05, 3.63) is 35.4 Å². The maximum absolute atomic E-state index is 11.0. The first kappa shape index (κ1) is 8.78. The Morgan fingerprint density at radius 2 is 2.00 bits per heavy atom. The molecule has 1 amide bonds. The van der Waals surface area contributed by atoms with Crippen molar-refractivity contribution in [1.82, 2.24) is 5.32 Å². The molecule has 11 heavy (non-hydrogen) atoms. The number of carbonyl (C=O) groups is 1. The van der Waals surface area contributed by atoms with Gasteiger partial charge in [-0.1, -0.05) is 18.2 Å². The van der Waals surface area contributed by atoms with Crippen LogP contribution < -0.4 is 5.32 Å². The maximum atomic E-state index is 11.0. The summed E-state index contributed by atoms with van der Waals surface area (Å²) in [6.45, 7) is 0.689. The molecule has 3 heteroatoms. The Kier molecular flexibility index (Phi) is 2.71. The second-order valence-corrected chi connectivity index (χ2v) is 2.34. The summed E-state index contributed by atoms with van der Waals surface area (Å²) < 4.78 is 0. The summed E-state index contributed by atoms with van der Waals surface area (Å²) in [5.74, 6) is 0.0515. The van der Waals surface area contributed by atoms with E-state index in [1.54, 1.807) is 0 Å². The van der Waals surface area contributed by atoms with Crippen molar-refractivity contribution in [2.45, 2.75) is 6.54 Å². The van der Waals surface area contributed by atoms with Gasteiger partial charge in [-0.2, -0.15) is 0 Å². The molecule has 1 aromatic carbocycles. The Morgan fingerprint density at radius 3 is 2.73 bits per heavy atom. The Bertz CT molecular complexity index is 285. The van der Waals surface area contributed by atoms with Gasteiger partial charge >= 0.3 is 0 Å². The minimum absolute atomic E-state index is 0. The van der Waals surface area contributed by atoms with Gasteiger partial charge < -0.3 is 5.32 Å². The molecule has 1 N–H and O–H groups in total. The van der Waals surface area contributed by atoms with Crippen LogP contribution in [0.25, 0.3) is 0 Å². The summed E-state index contributed by atoms with van der Waals surface area (Å²) in [5.41, 5.74) is 1.93. The molecule has 0 fully saturated rings. The summed E-state index contributed by atoms with van der Waals surface area (Å²) in [6, 6.07) is 7.63. The van der Waals surface area contributed by atoms with Gasteiger partial charge in [0.1, 0.15) is 0 Å². The molecule has 0 unspecified atom stereocenters. The van der Waals surface area contributed by atoms with Gasteiger partial charge in [0.05, 0.1) is 0 Å². The first-order valence-corrected chi connectivity index (χ1v) is 3.24. The van der Waals surface area contributed by atoms with Gasteiger partial charge in [0, 0.05) is 41.7 Å². The first-order valence-electron chi connectivity index (χ1n) is 3.24. The van der Waals surface area contributed by atoms with Crippen molar-refractivity contribution in [1.29, 1.82) is 0 Å². The van der Waals surface area contributed by atoms with Crippen LogP contribution in [0, 0.1) is 0 Å². The number of amides is 1. The Morgan fingerprint density at radius 1 is 1.27 bits per heavy atom. The van der Waals surface area contributed by atoms with E-state index in [2.05, 4.69) is 5.32 Å². The fourth-order valence-corrected chi connectivity index (χ4v) is 1.17. The van der Waals surface area contributed by atoms with Gasteiger partial charge in [0.2, 0.25) is 0 Å². The van der Waals surface area contributed by atoms with Crippen LogP contribution in [0.15, 0.2) is 24.3 Å². The summed E-state index contributed by atoms with van der Waals surface area (Å²) >= 11 is 0. The van der Waals surface area contributed by atoms with Crippen LogP contribution in [-0.2, 0) is 6.54 Å².